The molecule has 4 heteroatoms. The highest BCUT2D eigenvalue weighted by molar-refractivity contribution is 5.46. The molecule has 106 valence electrons. The molecule has 1 aliphatic rings. The quantitative estimate of drug-likeness (QED) is 0.849. The third-order valence-electron chi connectivity index (χ3n) is 3.96. The Morgan fingerprint density at radius 1 is 1.30 bits per heavy atom. The van der Waals surface area contributed by atoms with Crippen LogP contribution in [0.4, 0.5) is 5.69 Å². The standard InChI is InChI=1S/C16H22N4/c1-12-9-15(19(2)18-12)11-20(14-7-8-14)10-13-5-3-4-6-16(13)17/h3-6,9,14H,7-8,10-11,17H2,1-2H3. The van der Waals surface area contributed by atoms with Gasteiger partial charge in [0.05, 0.1) is 11.4 Å². The van der Waals surface area contributed by atoms with E-state index in [1.165, 1.54) is 24.1 Å². The lowest BCUT2D eigenvalue weighted by Crippen LogP contribution is -2.26. The molecule has 1 heterocycles. The monoisotopic (exact) mass is 270 g/mol. The molecule has 4 nitrogen and oxygen atoms in total. The van der Waals surface area contributed by atoms with Crippen molar-refractivity contribution < 1.29 is 0 Å². The molecule has 3 rings (SSSR count). The number of hydrogen-bond donors (Lipinski definition) is 1. The second-order valence-electron chi connectivity index (χ2n) is 5.74. The highest BCUT2D eigenvalue weighted by atomic mass is 15.3. The number of nitrogens with zero attached hydrogens (tertiary/aromatic N) is 3. The lowest BCUT2D eigenvalue weighted by molar-refractivity contribution is 0.239. The fourth-order valence-corrected chi connectivity index (χ4v) is 2.67. The maximum atomic E-state index is 6.07. The highest BCUT2D eigenvalue weighted by Crippen LogP contribution is 2.30. The predicted octanol–water partition coefficient (Wildman–Crippen LogP) is 2.48. The van der Waals surface area contributed by atoms with Gasteiger partial charge in [0.2, 0.25) is 0 Å². The number of hydrogen-bond acceptors (Lipinski definition) is 3. The number of nitrogen functional groups attached to an aromatic ring is 1. The summed E-state index contributed by atoms with van der Waals surface area (Å²) in [5, 5.41) is 4.43. The van der Waals surface area contributed by atoms with E-state index in [0.717, 1.165) is 24.5 Å². The number of para-hydroxylation sites is 1. The molecule has 0 unspecified atom stereocenters. The Balaban J connectivity index is 1.76. The predicted molar refractivity (Wildman–Crippen MR) is 81.1 cm³/mol. The first-order chi connectivity index (χ1) is 9.63. The number of benzene rings is 1. The SMILES string of the molecule is Cc1cc(CN(Cc2ccccc2N)C2CC2)n(C)n1. The molecule has 1 aromatic carbocycles. The van der Waals surface area contributed by atoms with Crippen molar-refractivity contribution in [2.24, 2.45) is 7.05 Å². The fraction of sp³-hybridized carbons (Fsp3) is 0.438. The Hall–Kier alpha value is -1.81. The van der Waals surface area contributed by atoms with Gasteiger partial charge in [-0.2, -0.15) is 5.10 Å². The summed E-state index contributed by atoms with van der Waals surface area (Å²) in [4.78, 5) is 2.52. The van der Waals surface area contributed by atoms with Crippen LogP contribution in [-0.2, 0) is 20.1 Å². The molecule has 2 aromatic rings. The summed E-state index contributed by atoms with van der Waals surface area (Å²) in [6, 6.07) is 11.0. The van der Waals surface area contributed by atoms with Gasteiger partial charge in [-0.1, -0.05) is 18.2 Å². The Kier molecular flexibility index (Phi) is 3.49. The van der Waals surface area contributed by atoms with Crippen LogP contribution >= 0.6 is 0 Å². The molecule has 1 saturated carbocycles. The summed E-state index contributed by atoms with van der Waals surface area (Å²) in [5.74, 6) is 0. The molecular formula is C16H22N4. The molecule has 0 amide bonds. The molecule has 20 heavy (non-hydrogen) atoms. The van der Waals surface area contributed by atoms with Crippen LogP contribution in [0, 0.1) is 6.92 Å². The van der Waals surface area contributed by atoms with E-state index in [9.17, 15) is 0 Å². The van der Waals surface area contributed by atoms with Crippen molar-refractivity contribution in [2.75, 3.05) is 5.73 Å². The van der Waals surface area contributed by atoms with Gasteiger partial charge in [-0.15, -0.1) is 0 Å². The summed E-state index contributed by atoms with van der Waals surface area (Å²) in [5.41, 5.74) is 10.5. The van der Waals surface area contributed by atoms with Crippen LogP contribution in [0.25, 0.3) is 0 Å². The number of nitrogens with two attached hydrogens (primary N) is 1. The van der Waals surface area contributed by atoms with Crippen molar-refractivity contribution in [2.45, 2.75) is 38.9 Å². The minimum Gasteiger partial charge on any atom is -0.398 e. The van der Waals surface area contributed by atoms with E-state index in [4.69, 9.17) is 5.73 Å². The fourth-order valence-electron chi connectivity index (χ4n) is 2.67. The van der Waals surface area contributed by atoms with Crippen LogP contribution in [0.1, 0.15) is 29.8 Å². The van der Waals surface area contributed by atoms with Crippen molar-refractivity contribution in [3.63, 3.8) is 0 Å². The Morgan fingerprint density at radius 3 is 2.65 bits per heavy atom. The first kappa shape index (κ1) is 13.2. The van der Waals surface area contributed by atoms with Crippen molar-refractivity contribution in [1.29, 1.82) is 0 Å². The van der Waals surface area contributed by atoms with Gasteiger partial charge in [0, 0.05) is 31.9 Å². The first-order valence-corrected chi connectivity index (χ1v) is 7.20. The molecule has 0 spiro atoms. The van der Waals surface area contributed by atoms with Gasteiger partial charge >= 0.3 is 0 Å². The van der Waals surface area contributed by atoms with E-state index in [2.05, 4.69) is 28.2 Å². The topological polar surface area (TPSA) is 47.1 Å². The lowest BCUT2D eigenvalue weighted by atomic mass is 10.1. The maximum Gasteiger partial charge on any atom is 0.0597 e. The zero-order valence-corrected chi connectivity index (χ0v) is 12.2. The lowest BCUT2D eigenvalue weighted by Gasteiger charge is -2.22. The van der Waals surface area contributed by atoms with Crippen LogP contribution in [0.2, 0.25) is 0 Å². The average Bonchev–Trinajstić information content (AvgIpc) is 3.19. The molecular weight excluding hydrogens is 248 g/mol. The Bertz CT molecular complexity index is 598. The van der Waals surface area contributed by atoms with Gasteiger partial charge in [0.15, 0.2) is 0 Å². The van der Waals surface area contributed by atoms with Gasteiger partial charge in [0.1, 0.15) is 0 Å². The Morgan fingerprint density at radius 2 is 2.05 bits per heavy atom. The van der Waals surface area contributed by atoms with Gasteiger partial charge < -0.3 is 5.73 Å². The molecule has 0 bridgehead atoms. The van der Waals surface area contributed by atoms with Gasteiger partial charge in [0.25, 0.3) is 0 Å². The van der Waals surface area contributed by atoms with Crippen LogP contribution in [0.5, 0.6) is 0 Å². The maximum absolute atomic E-state index is 6.07. The van der Waals surface area contributed by atoms with Crippen LogP contribution in [0.3, 0.4) is 0 Å². The van der Waals surface area contributed by atoms with Crippen molar-refractivity contribution in [1.82, 2.24) is 14.7 Å². The van der Waals surface area contributed by atoms with E-state index in [0.29, 0.717) is 6.04 Å². The van der Waals surface area contributed by atoms with E-state index in [-0.39, 0.29) is 0 Å². The minimum atomic E-state index is 0.699. The summed E-state index contributed by atoms with van der Waals surface area (Å²) < 4.78 is 1.99. The normalized spacial score (nSPS) is 14.9. The summed E-state index contributed by atoms with van der Waals surface area (Å²) >= 11 is 0. The summed E-state index contributed by atoms with van der Waals surface area (Å²) in [6.07, 6.45) is 2.59. The third kappa shape index (κ3) is 2.85. The molecule has 0 atom stereocenters. The largest absolute Gasteiger partial charge is 0.398 e. The second-order valence-corrected chi connectivity index (χ2v) is 5.74. The van der Waals surface area contributed by atoms with Crippen molar-refractivity contribution in [3.05, 3.63) is 47.3 Å². The molecule has 0 aliphatic heterocycles. The van der Waals surface area contributed by atoms with E-state index in [1.54, 1.807) is 0 Å². The second kappa shape index (κ2) is 5.29. The zero-order valence-electron chi connectivity index (χ0n) is 12.2. The minimum absolute atomic E-state index is 0.699. The summed E-state index contributed by atoms with van der Waals surface area (Å²) in [6.45, 7) is 3.90. The molecule has 0 saturated heterocycles. The van der Waals surface area contributed by atoms with Gasteiger partial charge in [-0.25, -0.2) is 0 Å². The van der Waals surface area contributed by atoms with E-state index < -0.39 is 0 Å². The Labute approximate surface area is 120 Å². The first-order valence-electron chi connectivity index (χ1n) is 7.20. The molecule has 1 fully saturated rings. The molecule has 0 radical (unpaired) electrons. The van der Waals surface area contributed by atoms with Crippen molar-refractivity contribution in [3.8, 4) is 0 Å². The number of rotatable bonds is 5. The van der Waals surface area contributed by atoms with Crippen LogP contribution < -0.4 is 5.73 Å². The zero-order chi connectivity index (χ0) is 14.1. The van der Waals surface area contributed by atoms with E-state index >= 15 is 0 Å². The smallest absolute Gasteiger partial charge is 0.0597 e. The van der Waals surface area contributed by atoms with Crippen LogP contribution in [0.15, 0.2) is 30.3 Å². The molecule has 2 N–H and O–H groups in total. The third-order valence-corrected chi connectivity index (χ3v) is 3.96. The highest BCUT2D eigenvalue weighted by Gasteiger charge is 2.29. The molecule has 1 aliphatic carbocycles. The van der Waals surface area contributed by atoms with Gasteiger partial charge in [-0.05, 0) is 37.5 Å². The summed E-state index contributed by atoms with van der Waals surface area (Å²) in [7, 11) is 2.02. The number of aryl methyl sites for hydroxylation is 2. The number of anilines is 1. The van der Waals surface area contributed by atoms with Gasteiger partial charge in [-0.3, -0.25) is 9.58 Å². The van der Waals surface area contributed by atoms with E-state index in [1.807, 2.05) is 30.8 Å². The molecule has 1 aromatic heterocycles. The average molecular weight is 270 g/mol. The van der Waals surface area contributed by atoms with Crippen molar-refractivity contribution >= 4 is 5.69 Å². The van der Waals surface area contributed by atoms with Crippen LogP contribution in [-0.4, -0.2) is 20.7 Å². The number of aromatic nitrogens is 2.